The maximum Gasteiger partial charge on any atom is 0.0898 e. The van der Waals surface area contributed by atoms with Crippen molar-refractivity contribution in [2.24, 2.45) is 0 Å². The zero-order chi connectivity index (χ0) is 7.40. The highest BCUT2D eigenvalue weighted by Gasteiger charge is 1.84. The van der Waals surface area contributed by atoms with Crippen LogP contribution in [0.3, 0.4) is 0 Å². The molecule has 0 fully saturated rings. The molecule has 0 saturated heterocycles. The Kier molecular flexibility index (Phi) is 1.96. The van der Waals surface area contributed by atoms with Crippen LogP contribution in [0.5, 0.6) is 0 Å². The lowest BCUT2D eigenvalue weighted by atomic mass is 10.3. The molecule has 1 nitrogen and oxygen atoms in total. The van der Waals surface area contributed by atoms with Gasteiger partial charge in [0.15, 0.2) is 0 Å². The second kappa shape index (κ2) is 2.93. The number of hydrogen-bond acceptors (Lipinski definition) is 1. The molecule has 1 heteroatoms. The topological polar surface area (TPSA) is 12.0 Å². The lowest BCUT2D eigenvalue weighted by molar-refractivity contribution is 1.40. The third-order valence-corrected chi connectivity index (χ3v) is 0.997. The Balaban J connectivity index is 2.67. The molecule has 0 atom stereocenters. The van der Waals surface area contributed by atoms with Crippen LogP contribution in [-0.4, -0.2) is 0 Å². The molecule has 10 heavy (non-hydrogen) atoms. The van der Waals surface area contributed by atoms with Crippen LogP contribution >= 0.6 is 0 Å². The molecule has 1 aromatic carbocycles. The van der Waals surface area contributed by atoms with Gasteiger partial charge in [0.25, 0.3) is 0 Å². The lowest BCUT2D eigenvalue weighted by Gasteiger charge is -1.99. The third-order valence-electron chi connectivity index (χ3n) is 0.997. The monoisotopic (exact) mass is 131 g/mol. The minimum atomic E-state index is 0.912. The summed E-state index contributed by atoms with van der Waals surface area (Å²) in [6.45, 7) is 5.61. The molecular weight excluding hydrogens is 122 g/mol. The summed E-state index contributed by atoms with van der Waals surface area (Å²) in [5.74, 6) is 0. The molecule has 0 bridgehead atoms. The van der Waals surface area contributed by atoms with Gasteiger partial charge in [0.05, 0.1) is 5.69 Å². The summed E-state index contributed by atoms with van der Waals surface area (Å²) in [5, 5.41) is 3.02. The minimum Gasteiger partial charge on any atom is -0.353 e. The number of rotatable bonds is 2. The molecule has 0 aliphatic heterocycles. The summed E-state index contributed by atoms with van der Waals surface area (Å²) in [5.41, 5.74) is 1.82. The van der Waals surface area contributed by atoms with Crippen molar-refractivity contribution in [3.8, 4) is 0 Å². The largest absolute Gasteiger partial charge is 0.353 e. The second-order valence-corrected chi connectivity index (χ2v) is 2.11. The molecule has 0 amide bonds. The molecular formula is C9H9N. The van der Waals surface area contributed by atoms with Gasteiger partial charge < -0.3 is 5.32 Å². The van der Waals surface area contributed by atoms with Gasteiger partial charge >= 0.3 is 0 Å². The fourth-order valence-electron chi connectivity index (χ4n) is 0.656. The van der Waals surface area contributed by atoms with Crippen LogP contribution in [-0.2, 0) is 0 Å². The molecule has 0 saturated carbocycles. The maximum atomic E-state index is 3.71. The van der Waals surface area contributed by atoms with E-state index < -0.39 is 0 Å². The summed E-state index contributed by atoms with van der Waals surface area (Å²) in [6.07, 6.45) is 0. The highest BCUT2D eigenvalue weighted by molar-refractivity contribution is 5.43. The first kappa shape index (κ1) is 6.70. The second-order valence-electron chi connectivity index (χ2n) is 2.11. The standard InChI is InChI=1S/C9H9N/c1-8(2)10-9-6-4-3-5-7-9/h3-4,6,10H,1H2,2H3. The van der Waals surface area contributed by atoms with E-state index in [0.29, 0.717) is 0 Å². The molecule has 0 aliphatic carbocycles. The highest BCUT2D eigenvalue weighted by Crippen LogP contribution is 2.02. The van der Waals surface area contributed by atoms with Gasteiger partial charge in [0.2, 0.25) is 0 Å². The van der Waals surface area contributed by atoms with Gasteiger partial charge in [-0.3, -0.25) is 0 Å². The first-order valence-electron chi connectivity index (χ1n) is 3.10. The fourth-order valence-corrected chi connectivity index (χ4v) is 0.656. The summed E-state index contributed by atoms with van der Waals surface area (Å²) < 4.78 is 0. The summed E-state index contributed by atoms with van der Waals surface area (Å²) in [7, 11) is 0. The first-order valence-corrected chi connectivity index (χ1v) is 3.10. The van der Waals surface area contributed by atoms with Crippen LogP contribution < -0.4 is 5.32 Å². The zero-order valence-corrected chi connectivity index (χ0v) is 5.94. The van der Waals surface area contributed by atoms with Crippen LogP contribution in [0.25, 0.3) is 0 Å². The number of anilines is 1. The summed E-state index contributed by atoms with van der Waals surface area (Å²) in [6, 6.07) is 11.4. The van der Waals surface area contributed by atoms with E-state index in [1.165, 1.54) is 0 Å². The molecule has 1 aromatic rings. The molecule has 50 valence electrons. The van der Waals surface area contributed by atoms with E-state index in [4.69, 9.17) is 0 Å². The Bertz CT molecular complexity index is 213. The number of hydrogen-bond donors (Lipinski definition) is 1. The predicted molar refractivity (Wildman–Crippen MR) is 42.6 cm³/mol. The first-order chi connectivity index (χ1) is 4.79. The van der Waals surface area contributed by atoms with Crippen molar-refractivity contribution in [1.82, 2.24) is 0 Å². The van der Waals surface area contributed by atoms with Crippen molar-refractivity contribution in [3.63, 3.8) is 0 Å². The van der Waals surface area contributed by atoms with Crippen LogP contribution in [0.15, 0.2) is 30.5 Å². The Morgan fingerprint density at radius 2 is 2.50 bits per heavy atom. The van der Waals surface area contributed by atoms with Crippen LogP contribution in [0, 0.1) is 12.1 Å². The SMILES string of the molecule is C=C(C)Nc1c#cccc1. The van der Waals surface area contributed by atoms with E-state index in [1.807, 2.05) is 25.1 Å². The van der Waals surface area contributed by atoms with E-state index in [-0.39, 0.29) is 0 Å². The third kappa shape index (κ3) is 1.83. The van der Waals surface area contributed by atoms with Crippen molar-refractivity contribution in [1.29, 1.82) is 0 Å². The van der Waals surface area contributed by atoms with Gasteiger partial charge in [0.1, 0.15) is 0 Å². The van der Waals surface area contributed by atoms with E-state index >= 15 is 0 Å². The molecule has 1 rings (SSSR count). The lowest BCUT2D eigenvalue weighted by Crippen LogP contribution is -1.91. The Morgan fingerprint density at radius 1 is 1.70 bits per heavy atom. The van der Waals surface area contributed by atoms with Crippen molar-refractivity contribution in [2.45, 2.75) is 6.92 Å². The van der Waals surface area contributed by atoms with Gasteiger partial charge in [-0.2, -0.15) is 0 Å². The van der Waals surface area contributed by atoms with Crippen molar-refractivity contribution in [3.05, 3.63) is 42.6 Å². The summed E-state index contributed by atoms with van der Waals surface area (Å²) in [4.78, 5) is 0. The van der Waals surface area contributed by atoms with Crippen molar-refractivity contribution >= 4 is 5.69 Å². The Labute approximate surface area is 61.4 Å². The Hall–Kier alpha value is -1.42. The molecule has 0 heterocycles. The molecule has 0 aliphatic rings. The van der Waals surface area contributed by atoms with Gasteiger partial charge in [-0.05, 0) is 25.1 Å². The van der Waals surface area contributed by atoms with Gasteiger partial charge in [-0.15, -0.1) is 0 Å². The number of nitrogens with one attached hydrogen (secondary N) is 1. The molecule has 1 N–H and O–H groups in total. The molecule has 0 aromatic heterocycles. The molecule has 0 spiro atoms. The average Bonchev–Trinajstić information content (AvgIpc) is 1.88. The van der Waals surface area contributed by atoms with Gasteiger partial charge in [0, 0.05) is 5.70 Å². The van der Waals surface area contributed by atoms with E-state index in [9.17, 15) is 0 Å². The average molecular weight is 131 g/mol. The maximum absolute atomic E-state index is 3.71. The van der Waals surface area contributed by atoms with Gasteiger partial charge in [-0.1, -0.05) is 18.7 Å². The quantitative estimate of drug-likeness (QED) is 0.649. The zero-order valence-electron chi connectivity index (χ0n) is 5.94. The summed E-state index contributed by atoms with van der Waals surface area (Å²) >= 11 is 0. The predicted octanol–water partition coefficient (Wildman–Crippen LogP) is 2.23. The van der Waals surface area contributed by atoms with Crippen LogP contribution in [0.2, 0.25) is 0 Å². The van der Waals surface area contributed by atoms with E-state index in [2.05, 4.69) is 24.0 Å². The number of allylic oxidation sites excluding steroid dienone is 1. The van der Waals surface area contributed by atoms with E-state index in [1.54, 1.807) is 0 Å². The Morgan fingerprint density at radius 3 is 3.00 bits per heavy atom. The van der Waals surface area contributed by atoms with Crippen LogP contribution in [0.1, 0.15) is 6.92 Å². The van der Waals surface area contributed by atoms with Crippen LogP contribution in [0.4, 0.5) is 5.69 Å². The van der Waals surface area contributed by atoms with Crippen molar-refractivity contribution in [2.75, 3.05) is 5.32 Å². The van der Waals surface area contributed by atoms with Crippen molar-refractivity contribution < 1.29 is 0 Å². The molecule has 0 radical (unpaired) electrons. The smallest absolute Gasteiger partial charge is 0.0898 e. The fraction of sp³-hybridized carbons (Fsp3) is 0.111. The van der Waals surface area contributed by atoms with E-state index in [0.717, 1.165) is 11.4 Å². The highest BCUT2D eigenvalue weighted by atomic mass is 14.9. The normalized spacial score (nSPS) is 8.10. The van der Waals surface area contributed by atoms with Gasteiger partial charge in [-0.25, -0.2) is 0 Å². The minimum absolute atomic E-state index is 0.912. The molecule has 0 unspecified atom stereocenters.